The first-order chi connectivity index (χ1) is 5.27. The Bertz CT molecular complexity index is 269. The minimum atomic E-state index is 0.548. The number of nitrogens with zero attached hydrogens (tertiary/aromatic N) is 2. The summed E-state index contributed by atoms with van der Waals surface area (Å²) in [5, 5.41) is 3.71. The Morgan fingerprint density at radius 2 is 2.45 bits per heavy atom. The van der Waals surface area contributed by atoms with Gasteiger partial charge in [-0.15, -0.1) is 0 Å². The van der Waals surface area contributed by atoms with Crippen LogP contribution in [0.3, 0.4) is 0 Å². The maximum absolute atomic E-state index is 5.59. The van der Waals surface area contributed by atoms with Gasteiger partial charge in [0.05, 0.1) is 5.56 Å². The Hall–Kier alpha value is -1.03. The highest BCUT2D eigenvalue weighted by Crippen LogP contribution is 2.22. The number of aromatic nitrogens is 1. The Morgan fingerprint density at radius 1 is 1.64 bits per heavy atom. The van der Waals surface area contributed by atoms with Gasteiger partial charge in [0.15, 0.2) is 5.82 Å². The lowest BCUT2D eigenvalue weighted by Crippen LogP contribution is -2.26. The first-order valence-corrected chi connectivity index (χ1v) is 3.69. The molecule has 0 atom stereocenters. The van der Waals surface area contributed by atoms with Crippen molar-refractivity contribution in [3.05, 3.63) is 11.3 Å². The van der Waals surface area contributed by atoms with Crippen molar-refractivity contribution in [2.24, 2.45) is 0 Å². The summed E-state index contributed by atoms with van der Waals surface area (Å²) in [4.78, 5) is 2.20. The van der Waals surface area contributed by atoms with E-state index in [9.17, 15) is 0 Å². The van der Waals surface area contributed by atoms with Crippen molar-refractivity contribution >= 4 is 5.82 Å². The molecule has 0 amide bonds. The monoisotopic (exact) mass is 153 g/mol. The molecule has 0 spiro atoms. The summed E-state index contributed by atoms with van der Waals surface area (Å²) < 4.78 is 5.03. The number of hydrogen-bond donors (Lipinski definition) is 1. The zero-order valence-electron chi connectivity index (χ0n) is 6.50. The van der Waals surface area contributed by atoms with Crippen LogP contribution < -0.4 is 5.73 Å². The van der Waals surface area contributed by atoms with E-state index >= 15 is 0 Å². The van der Waals surface area contributed by atoms with Gasteiger partial charge < -0.3 is 15.2 Å². The molecule has 2 heterocycles. The van der Waals surface area contributed by atoms with E-state index < -0.39 is 0 Å². The summed E-state index contributed by atoms with van der Waals surface area (Å²) in [7, 11) is 2.06. The highest BCUT2D eigenvalue weighted by Gasteiger charge is 2.20. The summed E-state index contributed by atoms with van der Waals surface area (Å²) in [5.41, 5.74) is 6.66. The molecule has 2 N–H and O–H groups in total. The van der Waals surface area contributed by atoms with E-state index in [1.165, 1.54) is 0 Å². The Balaban J connectivity index is 2.37. The molecule has 60 valence electrons. The molecule has 0 fully saturated rings. The second-order valence-corrected chi connectivity index (χ2v) is 2.96. The van der Waals surface area contributed by atoms with E-state index in [0.717, 1.165) is 30.8 Å². The maximum Gasteiger partial charge on any atom is 0.171 e. The van der Waals surface area contributed by atoms with Crippen LogP contribution >= 0.6 is 0 Å². The average Bonchev–Trinajstić information content (AvgIpc) is 2.33. The van der Waals surface area contributed by atoms with E-state index in [1.807, 2.05) is 0 Å². The van der Waals surface area contributed by atoms with Gasteiger partial charge in [-0.2, -0.15) is 0 Å². The number of fused-ring (bicyclic) bond motifs is 1. The molecule has 0 saturated heterocycles. The van der Waals surface area contributed by atoms with Crippen molar-refractivity contribution in [3.63, 3.8) is 0 Å². The third-order valence-corrected chi connectivity index (χ3v) is 2.05. The van der Waals surface area contributed by atoms with Crippen LogP contribution in [0.4, 0.5) is 5.82 Å². The summed E-state index contributed by atoms with van der Waals surface area (Å²) in [5.74, 6) is 1.51. The molecule has 1 aromatic heterocycles. The Morgan fingerprint density at radius 3 is 3.27 bits per heavy atom. The van der Waals surface area contributed by atoms with Gasteiger partial charge >= 0.3 is 0 Å². The lowest BCUT2D eigenvalue weighted by molar-refractivity contribution is 0.281. The second kappa shape index (κ2) is 2.23. The summed E-state index contributed by atoms with van der Waals surface area (Å²) >= 11 is 0. The smallest absolute Gasteiger partial charge is 0.171 e. The SMILES string of the molecule is CN1CCc2onc(N)c2C1. The number of hydrogen-bond acceptors (Lipinski definition) is 4. The molecule has 0 aromatic carbocycles. The lowest BCUT2D eigenvalue weighted by atomic mass is 10.1. The standard InChI is InChI=1S/C7H11N3O/c1-10-3-2-6-5(4-10)7(8)9-11-6/h2-4H2,1H3,(H2,8,9). The zero-order chi connectivity index (χ0) is 7.84. The first-order valence-electron chi connectivity index (χ1n) is 3.69. The molecule has 2 rings (SSSR count). The van der Waals surface area contributed by atoms with Crippen LogP contribution in [0, 0.1) is 0 Å². The van der Waals surface area contributed by atoms with Crippen LogP contribution in [0.15, 0.2) is 4.52 Å². The molecule has 1 aromatic rings. The predicted molar refractivity (Wildman–Crippen MR) is 41.0 cm³/mol. The topological polar surface area (TPSA) is 55.3 Å². The van der Waals surface area contributed by atoms with Gasteiger partial charge in [-0.25, -0.2) is 0 Å². The summed E-state index contributed by atoms with van der Waals surface area (Å²) in [6.07, 6.45) is 0.927. The van der Waals surface area contributed by atoms with E-state index in [2.05, 4.69) is 17.1 Å². The van der Waals surface area contributed by atoms with Gasteiger partial charge in [0, 0.05) is 19.5 Å². The van der Waals surface area contributed by atoms with Crippen molar-refractivity contribution in [1.29, 1.82) is 0 Å². The number of likely N-dealkylation sites (N-methyl/N-ethyl adjacent to an activating group) is 1. The Kier molecular flexibility index (Phi) is 1.35. The van der Waals surface area contributed by atoms with E-state index in [4.69, 9.17) is 10.3 Å². The normalized spacial score (nSPS) is 18.3. The largest absolute Gasteiger partial charge is 0.381 e. The second-order valence-electron chi connectivity index (χ2n) is 2.96. The third kappa shape index (κ3) is 0.991. The molecule has 0 unspecified atom stereocenters. The minimum Gasteiger partial charge on any atom is -0.381 e. The van der Waals surface area contributed by atoms with Crippen LogP contribution in [-0.2, 0) is 13.0 Å². The third-order valence-electron chi connectivity index (χ3n) is 2.05. The van der Waals surface area contributed by atoms with Crippen molar-refractivity contribution < 1.29 is 4.52 Å². The number of nitrogens with two attached hydrogens (primary N) is 1. The molecule has 1 aliphatic heterocycles. The van der Waals surface area contributed by atoms with Gasteiger partial charge in [0.2, 0.25) is 0 Å². The Labute approximate surface area is 65.0 Å². The van der Waals surface area contributed by atoms with Crippen molar-refractivity contribution in [2.75, 3.05) is 19.3 Å². The molecular weight excluding hydrogens is 142 g/mol. The molecule has 4 nitrogen and oxygen atoms in total. The van der Waals surface area contributed by atoms with Crippen LogP contribution in [-0.4, -0.2) is 23.6 Å². The molecule has 0 aliphatic carbocycles. The highest BCUT2D eigenvalue weighted by molar-refractivity contribution is 5.41. The van der Waals surface area contributed by atoms with Gasteiger partial charge in [-0.05, 0) is 7.05 Å². The van der Waals surface area contributed by atoms with Gasteiger partial charge in [0.25, 0.3) is 0 Å². The van der Waals surface area contributed by atoms with Crippen LogP contribution in [0.2, 0.25) is 0 Å². The van der Waals surface area contributed by atoms with Crippen molar-refractivity contribution in [3.8, 4) is 0 Å². The van der Waals surface area contributed by atoms with Crippen LogP contribution in [0.25, 0.3) is 0 Å². The molecule has 4 heteroatoms. The van der Waals surface area contributed by atoms with E-state index in [-0.39, 0.29) is 0 Å². The number of nitrogen functional groups attached to an aromatic ring is 1. The molecule has 0 radical (unpaired) electrons. The van der Waals surface area contributed by atoms with E-state index in [0.29, 0.717) is 5.82 Å². The predicted octanol–water partition coefficient (Wildman–Crippen LogP) is 0.245. The van der Waals surface area contributed by atoms with Gasteiger partial charge in [0.1, 0.15) is 5.76 Å². The zero-order valence-corrected chi connectivity index (χ0v) is 6.50. The number of anilines is 1. The van der Waals surface area contributed by atoms with Crippen molar-refractivity contribution in [1.82, 2.24) is 10.1 Å². The quantitative estimate of drug-likeness (QED) is 0.580. The molecule has 11 heavy (non-hydrogen) atoms. The molecule has 0 bridgehead atoms. The van der Waals surface area contributed by atoms with Crippen LogP contribution in [0.1, 0.15) is 11.3 Å². The highest BCUT2D eigenvalue weighted by atomic mass is 16.5. The molecule has 1 aliphatic rings. The fourth-order valence-electron chi connectivity index (χ4n) is 1.36. The molecule has 0 saturated carbocycles. The van der Waals surface area contributed by atoms with Gasteiger partial charge in [-0.1, -0.05) is 5.16 Å². The fraction of sp³-hybridized carbons (Fsp3) is 0.571. The maximum atomic E-state index is 5.59. The van der Waals surface area contributed by atoms with E-state index in [1.54, 1.807) is 0 Å². The van der Waals surface area contributed by atoms with Crippen molar-refractivity contribution in [2.45, 2.75) is 13.0 Å². The summed E-state index contributed by atoms with van der Waals surface area (Å²) in [6.45, 7) is 1.90. The lowest BCUT2D eigenvalue weighted by Gasteiger charge is -2.20. The summed E-state index contributed by atoms with van der Waals surface area (Å²) in [6, 6.07) is 0. The first kappa shape index (κ1) is 6.67. The fourth-order valence-corrected chi connectivity index (χ4v) is 1.36. The molecular formula is C7H11N3O. The minimum absolute atomic E-state index is 0.548. The van der Waals surface area contributed by atoms with Gasteiger partial charge in [-0.3, -0.25) is 0 Å². The number of rotatable bonds is 0. The average molecular weight is 153 g/mol. The van der Waals surface area contributed by atoms with Crippen LogP contribution in [0.5, 0.6) is 0 Å².